The minimum absolute atomic E-state index is 0.0589. The van der Waals surface area contributed by atoms with E-state index < -0.39 is 0 Å². The summed E-state index contributed by atoms with van der Waals surface area (Å²) in [5, 5.41) is 12.8. The normalized spacial score (nSPS) is 12.1. The fraction of sp³-hybridized carbons (Fsp3) is 0.957. The first-order valence-electron chi connectivity index (χ1n) is 23.6. The second-order valence-corrected chi connectivity index (χ2v) is 16.4. The van der Waals surface area contributed by atoms with Crippen LogP contribution in [-0.4, -0.2) is 29.4 Å². The maximum Gasteiger partial charge on any atom is 0.220 e. The number of aliphatic hydroxyl groups excluding tert-OH is 1. The molecule has 0 aliphatic rings. The molecular formula is C47H93NO3. The fourth-order valence-electron chi connectivity index (χ4n) is 7.58. The Morgan fingerprint density at radius 2 is 0.627 bits per heavy atom. The molecule has 1 amide bonds. The van der Waals surface area contributed by atoms with Gasteiger partial charge in [0.25, 0.3) is 0 Å². The molecule has 304 valence electrons. The van der Waals surface area contributed by atoms with Gasteiger partial charge in [0.1, 0.15) is 5.78 Å². The average Bonchev–Trinajstić information content (AvgIpc) is 3.13. The number of carbonyl (C=O) groups is 2. The van der Waals surface area contributed by atoms with Gasteiger partial charge in [-0.1, -0.05) is 232 Å². The summed E-state index contributed by atoms with van der Waals surface area (Å²) in [5.74, 6) is 0.615. The lowest BCUT2D eigenvalue weighted by Gasteiger charge is -2.16. The van der Waals surface area contributed by atoms with Gasteiger partial charge in [0.05, 0.1) is 12.6 Å². The quantitative estimate of drug-likeness (QED) is 0.0616. The van der Waals surface area contributed by atoms with E-state index in [4.69, 9.17) is 0 Å². The van der Waals surface area contributed by atoms with E-state index in [1.807, 2.05) is 0 Å². The predicted octanol–water partition coefficient (Wildman–Crippen LogP) is 15.1. The van der Waals surface area contributed by atoms with Crippen LogP contribution in [0.2, 0.25) is 0 Å². The summed E-state index contributed by atoms with van der Waals surface area (Å²) in [4.78, 5) is 24.6. The minimum Gasteiger partial charge on any atom is -0.394 e. The van der Waals surface area contributed by atoms with E-state index in [-0.39, 0.29) is 18.6 Å². The van der Waals surface area contributed by atoms with Gasteiger partial charge in [-0.25, -0.2) is 0 Å². The molecule has 0 aromatic rings. The van der Waals surface area contributed by atoms with E-state index in [0.717, 1.165) is 51.4 Å². The van der Waals surface area contributed by atoms with Crippen molar-refractivity contribution in [2.75, 3.05) is 6.61 Å². The Morgan fingerprint density at radius 1 is 0.373 bits per heavy atom. The van der Waals surface area contributed by atoms with Crippen LogP contribution in [0.15, 0.2) is 0 Å². The van der Waals surface area contributed by atoms with Gasteiger partial charge in [0, 0.05) is 19.3 Å². The zero-order valence-electron chi connectivity index (χ0n) is 35.0. The third-order valence-corrected chi connectivity index (χ3v) is 11.2. The molecule has 0 unspecified atom stereocenters. The van der Waals surface area contributed by atoms with Crippen molar-refractivity contribution in [1.82, 2.24) is 5.32 Å². The summed E-state index contributed by atoms with van der Waals surface area (Å²) < 4.78 is 0. The molecule has 0 saturated carbocycles. The van der Waals surface area contributed by atoms with Crippen LogP contribution in [-0.2, 0) is 9.59 Å². The number of aliphatic hydroxyl groups is 1. The van der Waals surface area contributed by atoms with Crippen LogP contribution >= 0.6 is 0 Å². The highest BCUT2D eigenvalue weighted by atomic mass is 16.3. The molecule has 0 radical (unpaired) electrons. The lowest BCUT2D eigenvalue weighted by molar-refractivity contribution is -0.122. The number of ketones is 1. The van der Waals surface area contributed by atoms with E-state index in [0.29, 0.717) is 12.2 Å². The molecule has 0 spiro atoms. The summed E-state index contributed by atoms with van der Waals surface area (Å²) in [7, 11) is 0. The SMILES string of the molecule is CCCCCCCCCCCCCCCC[C@H](CO)NC(=O)CCCCCCCCCCCCCCC(=O)CCCCCCCCCCCCC. The van der Waals surface area contributed by atoms with Gasteiger partial charge < -0.3 is 10.4 Å². The molecule has 51 heavy (non-hydrogen) atoms. The Kier molecular flexibility index (Phi) is 42.7. The standard InChI is InChI=1S/C47H93NO3/c1-3-5-7-9-11-13-15-16-17-21-24-28-32-36-40-45(44-49)48-47(51)43-39-35-31-27-23-19-18-22-26-30-34-38-42-46(50)41-37-33-29-25-20-14-12-10-8-6-4-2/h45,49H,3-44H2,1-2H3,(H,48,51)/t45-/m1/s1. The van der Waals surface area contributed by atoms with Crippen LogP contribution in [0.1, 0.15) is 277 Å². The lowest BCUT2D eigenvalue weighted by atomic mass is 10.0. The molecule has 0 saturated heterocycles. The van der Waals surface area contributed by atoms with Gasteiger partial charge in [-0.05, 0) is 25.7 Å². The predicted molar refractivity (Wildman–Crippen MR) is 225 cm³/mol. The van der Waals surface area contributed by atoms with Crippen molar-refractivity contribution in [2.45, 2.75) is 283 Å². The zero-order chi connectivity index (χ0) is 37.1. The zero-order valence-corrected chi connectivity index (χ0v) is 35.0. The van der Waals surface area contributed by atoms with Gasteiger partial charge in [0.15, 0.2) is 0 Å². The second kappa shape index (κ2) is 43.5. The minimum atomic E-state index is -0.0682. The van der Waals surface area contributed by atoms with Crippen molar-refractivity contribution >= 4 is 11.7 Å². The fourth-order valence-corrected chi connectivity index (χ4v) is 7.58. The number of hydrogen-bond acceptors (Lipinski definition) is 3. The van der Waals surface area contributed by atoms with Crippen molar-refractivity contribution in [2.24, 2.45) is 0 Å². The molecule has 0 aromatic carbocycles. The van der Waals surface area contributed by atoms with Crippen LogP contribution in [0, 0.1) is 0 Å². The van der Waals surface area contributed by atoms with Gasteiger partial charge in [0.2, 0.25) is 5.91 Å². The maximum atomic E-state index is 12.4. The summed E-state index contributed by atoms with van der Waals surface area (Å²) in [6.45, 7) is 4.62. The van der Waals surface area contributed by atoms with E-state index in [2.05, 4.69) is 19.2 Å². The van der Waals surface area contributed by atoms with Gasteiger partial charge in [-0.3, -0.25) is 9.59 Å². The van der Waals surface area contributed by atoms with Crippen LogP contribution in [0.3, 0.4) is 0 Å². The number of amides is 1. The Bertz CT molecular complexity index is 695. The highest BCUT2D eigenvalue weighted by Crippen LogP contribution is 2.17. The second-order valence-electron chi connectivity index (χ2n) is 16.4. The molecule has 0 aromatic heterocycles. The smallest absolute Gasteiger partial charge is 0.220 e. The number of hydrogen-bond donors (Lipinski definition) is 2. The summed E-state index contributed by atoms with van der Waals surface area (Å²) >= 11 is 0. The van der Waals surface area contributed by atoms with E-state index in [1.54, 1.807) is 0 Å². The molecular weight excluding hydrogens is 627 g/mol. The Hall–Kier alpha value is -0.900. The number of unbranched alkanes of at least 4 members (excludes halogenated alkanes) is 34. The third kappa shape index (κ3) is 41.7. The van der Waals surface area contributed by atoms with Crippen LogP contribution in [0.25, 0.3) is 0 Å². The molecule has 0 aliphatic heterocycles. The van der Waals surface area contributed by atoms with Gasteiger partial charge in [-0.15, -0.1) is 0 Å². The third-order valence-electron chi connectivity index (χ3n) is 11.2. The molecule has 0 fully saturated rings. The van der Waals surface area contributed by atoms with Crippen molar-refractivity contribution in [3.8, 4) is 0 Å². The molecule has 0 aliphatic carbocycles. The Balaban J connectivity index is 3.38. The van der Waals surface area contributed by atoms with E-state index >= 15 is 0 Å². The number of Topliss-reactive ketones (excluding diaryl/α,β-unsaturated/α-hetero) is 1. The number of nitrogens with one attached hydrogen (secondary N) is 1. The van der Waals surface area contributed by atoms with Crippen molar-refractivity contribution in [3.63, 3.8) is 0 Å². The van der Waals surface area contributed by atoms with E-state index in [9.17, 15) is 14.7 Å². The molecule has 4 nitrogen and oxygen atoms in total. The van der Waals surface area contributed by atoms with Crippen LogP contribution in [0.4, 0.5) is 0 Å². The number of carbonyl (C=O) groups excluding carboxylic acids is 2. The highest BCUT2D eigenvalue weighted by molar-refractivity contribution is 5.78. The molecule has 2 N–H and O–H groups in total. The molecule has 0 rings (SSSR count). The average molecular weight is 720 g/mol. The Morgan fingerprint density at radius 3 is 0.922 bits per heavy atom. The molecule has 0 bridgehead atoms. The van der Waals surface area contributed by atoms with Gasteiger partial charge in [-0.2, -0.15) is 0 Å². The van der Waals surface area contributed by atoms with Gasteiger partial charge >= 0.3 is 0 Å². The topological polar surface area (TPSA) is 66.4 Å². The monoisotopic (exact) mass is 720 g/mol. The lowest BCUT2D eigenvalue weighted by Crippen LogP contribution is -2.37. The first-order chi connectivity index (χ1) is 25.1. The van der Waals surface area contributed by atoms with Crippen molar-refractivity contribution in [3.05, 3.63) is 0 Å². The molecule has 1 atom stereocenters. The summed E-state index contributed by atoms with van der Waals surface area (Å²) in [6.07, 6.45) is 51.6. The largest absolute Gasteiger partial charge is 0.394 e. The van der Waals surface area contributed by atoms with Crippen molar-refractivity contribution < 1.29 is 14.7 Å². The summed E-state index contributed by atoms with van der Waals surface area (Å²) in [5.41, 5.74) is 0. The Labute approximate surface area is 320 Å². The van der Waals surface area contributed by atoms with Crippen molar-refractivity contribution in [1.29, 1.82) is 0 Å². The van der Waals surface area contributed by atoms with E-state index in [1.165, 1.54) is 205 Å². The molecule has 4 heteroatoms. The molecule has 0 heterocycles. The first kappa shape index (κ1) is 50.1. The summed E-state index contributed by atoms with van der Waals surface area (Å²) in [6, 6.07) is -0.0682. The van der Waals surface area contributed by atoms with Crippen LogP contribution in [0.5, 0.6) is 0 Å². The maximum absolute atomic E-state index is 12.4. The first-order valence-corrected chi connectivity index (χ1v) is 23.6. The number of rotatable bonds is 44. The van der Waals surface area contributed by atoms with Crippen LogP contribution < -0.4 is 5.32 Å². The highest BCUT2D eigenvalue weighted by Gasteiger charge is 2.11.